The number of hydrogen-bond acceptors (Lipinski definition) is 4. The standard InChI is InChI=1S/C25H24N4O3/c30-23(14-7-15-26-25(31)22-13-8-16-32-22)27-17-20-18-29(21-11-5-2-6-12-21)28-24(20)19-9-3-1-4-10-19/h1-6,8-13,16,18H,7,14-15,17H2,(H,26,31)(H,27,30). The fourth-order valence-electron chi connectivity index (χ4n) is 3.32. The summed E-state index contributed by atoms with van der Waals surface area (Å²) in [5.41, 5.74) is 3.71. The Kier molecular flexibility index (Phi) is 6.77. The summed E-state index contributed by atoms with van der Waals surface area (Å²) in [6, 6.07) is 23.0. The number of carbonyl (C=O) groups excluding carboxylic acids is 2. The second kappa shape index (κ2) is 10.3. The highest BCUT2D eigenvalue weighted by Crippen LogP contribution is 2.23. The zero-order chi connectivity index (χ0) is 22.2. The zero-order valence-corrected chi connectivity index (χ0v) is 17.5. The van der Waals surface area contributed by atoms with Gasteiger partial charge in [0.1, 0.15) is 0 Å². The van der Waals surface area contributed by atoms with Crippen LogP contribution in [0.25, 0.3) is 16.9 Å². The first-order valence-corrected chi connectivity index (χ1v) is 10.5. The van der Waals surface area contributed by atoms with Crippen LogP contribution >= 0.6 is 0 Å². The van der Waals surface area contributed by atoms with E-state index in [9.17, 15) is 9.59 Å². The van der Waals surface area contributed by atoms with Crippen molar-refractivity contribution >= 4 is 11.8 Å². The smallest absolute Gasteiger partial charge is 0.286 e. The van der Waals surface area contributed by atoms with Gasteiger partial charge in [-0.2, -0.15) is 5.10 Å². The van der Waals surface area contributed by atoms with Crippen LogP contribution in [-0.4, -0.2) is 28.1 Å². The lowest BCUT2D eigenvalue weighted by Crippen LogP contribution is -2.27. The number of carbonyl (C=O) groups is 2. The minimum Gasteiger partial charge on any atom is -0.459 e. The highest BCUT2D eigenvalue weighted by molar-refractivity contribution is 5.91. The van der Waals surface area contributed by atoms with Gasteiger partial charge in [-0.3, -0.25) is 9.59 Å². The number of rotatable bonds is 9. The van der Waals surface area contributed by atoms with E-state index in [-0.39, 0.29) is 17.6 Å². The van der Waals surface area contributed by atoms with Gasteiger partial charge in [0.2, 0.25) is 5.91 Å². The molecule has 0 fully saturated rings. The molecule has 0 saturated carbocycles. The van der Waals surface area contributed by atoms with Crippen LogP contribution < -0.4 is 10.6 Å². The molecule has 0 spiro atoms. The van der Waals surface area contributed by atoms with Gasteiger partial charge in [0.15, 0.2) is 5.76 Å². The fourth-order valence-corrected chi connectivity index (χ4v) is 3.32. The Labute approximate surface area is 186 Å². The van der Waals surface area contributed by atoms with E-state index in [1.54, 1.807) is 12.1 Å². The Balaban J connectivity index is 1.35. The molecule has 2 heterocycles. The van der Waals surface area contributed by atoms with Crippen LogP contribution in [0.3, 0.4) is 0 Å². The lowest BCUT2D eigenvalue weighted by Gasteiger charge is -2.06. The second-order valence-corrected chi connectivity index (χ2v) is 7.26. The minimum absolute atomic E-state index is 0.0799. The molecule has 0 bridgehead atoms. The van der Waals surface area contributed by atoms with E-state index < -0.39 is 0 Å². The molecular weight excluding hydrogens is 404 g/mol. The Morgan fingerprint density at radius 3 is 2.38 bits per heavy atom. The number of nitrogens with one attached hydrogen (secondary N) is 2. The Morgan fingerprint density at radius 1 is 0.906 bits per heavy atom. The predicted molar refractivity (Wildman–Crippen MR) is 121 cm³/mol. The topological polar surface area (TPSA) is 89.2 Å². The minimum atomic E-state index is -0.281. The molecule has 0 atom stereocenters. The van der Waals surface area contributed by atoms with Crippen molar-refractivity contribution in [1.29, 1.82) is 0 Å². The summed E-state index contributed by atoms with van der Waals surface area (Å²) in [7, 11) is 0. The van der Waals surface area contributed by atoms with Crippen molar-refractivity contribution in [3.8, 4) is 16.9 Å². The van der Waals surface area contributed by atoms with Gasteiger partial charge in [0.25, 0.3) is 5.91 Å². The highest BCUT2D eigenvalue weighted by atomic mass is 16.3. The highest BCUT2D eigenvalue weighted by Gasteiger charge is 2.13. The van der Waals surface area contributed by atoms with Crippen molar-refractivity contribution in [3.05, 3.63) is 96.6 Å². The summed E-state index contributed by atoms with van der Waals surface area (Å²) >= 11 is 0. The molecule has 4 aromatic rings. The number of amides is 2. The maximum absolute atomic E-state index is 12.3. The van der Waals surface area contributed by atoms with E-state index >= 15 is 0 Å². The summed E-state index contributed by atoms with van der Waals surface area (Å²) in [6.45, 7) is 0.767. The van der Waals surface area contributed by atoms with Gasteiger partial charge in [0.05, 0.1) is 17.6 Å². The van der Waals surface area contributed by atoms with Crippen LogP contribution in [0.1, 0.15) is 29.0 Å². The average molecular weight is 428 g/mol. The molecule has 162 valence electrons. The van der Waals surface area contributed by atoms with E-state index in [2.05, 4.69) is 10.6 Å². The lowest BCUT2D eigenvalue weighted by atomic mass is 10.1. The van der Waals surface area contributed by atoms with E-state index in [1.165, 1.54) is 6.26 Å². The summed E-state index contributed by atoms with van der Waals surface area (Å²) in [4.78, 5) is 24.2. The predicted octanol–water partition coefficient (Wildman–Crippen LogP) is 3.96. The third kappa shape index (κ3) is 5.31. The largest absolute Gasteiger partial charge is 0.459 e. The molecule has 4 rings (SSSR count). The van der Waals surface area contributed by atoms with Crippen molar-refractivity contribution in [2.24, 2.45) is 0 Å². The number of furan rings is 1. The van der Waals surface area contributed by atoms with Crippen LogP contribution in [0.5, 0.6) is 0 Å². The number of aromatic nitrogens is 2. The van der Waals surface area contributed by atoms with E-state index in [4.69, 9.17) is 9.52 Å². The molecular formula is C25H24N4O3. The Morgan fingerprint density at radius 2 is 1.66 bits per heavy atom. The normalized spacial score (nSPS) is 10.6. The van der Waals surface area contributed by atoms with Crippen LogP contribution in [0.2, 0.25) is 0 Å². The first-order valence-electron chi connectivity index (χ1n) is 10.5. The zero-order valence-electron chi connectivity index (χ0n) is 17.5. The van der Waals surface area contributed by atoms with Crippen molar-refractivity contribution in [2.45, 2.75) is 19.4 Å². The Hall–Kier alpha value is -4.13. The number of hydrogen-bond donors (Lipinski definition) is 2. The average Bonchev–Trinajstić information content (AvgIpc) is 3.52. The van der Waals surface area contributed by atoms with E-state index in [1.807, 2.05) is 71.5 Å². The van der Waals surface area contributed by atoms with Crippen LogP contribution in [0.4, 0.5) is 0 Å². The number of benzene rings is 2. The first kappa shape index (κ1) is 21.1. The van der Waals surface area contributed by atoms with E-state index in [0.29, 0.717) is 25.9 Å². The summed E-state index contributed by atoms with van der Waals surface area (Å²) in [6.07, 6.45) is 4.24. The molecule has 0 saturated heterocycles. The first-order chi connectivity index (χ1) is 15.7. The van der Waals surface area contributed by atoms with Gasteiger partial charge in [-0.25, -0.2) is 4.68 Å². The lowest BCUT2D eigenvalue weighted by molar-refractivity contribution is -0.121. The quantitative estimate of drug-likeness (QED) is 0.395. The fraction of sp³-hybridized carbons (Fsp3) is 0.160. The molecule has 2 aromatic heterocycles. The van der Waals surface area contributed by atoms with Crippen LogP contribution in [-0.2, 0) is 11.3 Å². The molecule has 0 aliphatic heterocycles. The van der Waals surface area contributed by atoms with Crippen molar-refractivity contribution < 1.29 is 14.0 Å². The maximum atomic E-state index is 12.3. The van der Waals surface area contributed by atoms with Crippen LogP contribution in [0.15, 0.2) is 89.7 Å². The third-order valence-electron chi connectivity index (χ3n) is 4.95. The maximum Gasteiger partial charge on any atom is 0.286 e. The monoisotopic (exact) mass is 428 g/mol. The molecule has 0 aliphatic rings. The molecule has 0 unspecified atom stereocenters. The molecule has 7 heteroatoms. The van der Waals surface area contributed by atoms with Gasteiger partial charge >= 0.3 is 0 Å². The molecule has 2 N–H and O–H groups in total. The summed E-state index contributed by atoms with van der Waals surface area (Å²) < 4.78 is 6.87. The molecule has 2 aromatic carbocycles. The van der Waals surface area contributed by atoms with Gasteiger partial charge in [-0.15, -0.1) is 0 Å². The molecule has 0 aliphatic carbocycles. The van der Waals surface area contributed by atoms with E-state index in [0.717, 1.165) is 22.5 Å². The summed E-state index contributed by atoms with van der Waals surface area (Å²) in [5.74, 6) is -0.0988. The Bertz CT molecular complexity index is 1150. The van der Waals surface area contributed by atoms with Gasteiger partial charge in [0, 0.05) is 36.8 Å². The number of nitrogens with zero attached hydrogens (tertiary/aromatic N) is 2. The summed E-state index contributed by atoms with van der Waals surface area (Å²) in [5, 5.41) is 10.5. The number of para-hydroxylation sites is 1. The molecule has 7 nitrogen and oxygen atoms in total. The van der Waals surface area contributed by atoms with Gasteiger partial charge in [-0.1, -0.05) is 48.5 Å². The molecule has 32 heavy (non-hydrogen) atoms. The second-order valence-electron chi connectivity index (χ2n) is 7.26. The molecule has 0 radical (unpaired) electrons. The van der Waals surface area contributed by atoms with Crippen LogP contribution in [0, 0.1) is 0 Å². The third-order valence-corrected chi connectivity index (χ3v) is 4.95. The van der Waals surface area contributed by atoms with Crippen molar-refractivity contribution in [3.63, 3.8) is 0 Å². The molecule has 2 amide bonds. The van der Waals surface area contributed by atoms with Crippen molar-refractivity contribution in [2.75, 3.05) is 6.54 Å². The van der Waals surface area contributed by atoms with Gasteiger partial charge in [-0.05, 0) is 30.7 Å². The van der Waals surface area contributed by atoms with Crippen molar-refractivity contribution in [1.82, 2.24) is 20.4 Å². The van der Waals surface area contributed by atoms with Gasteiger partial charge < -0.3 is 15.1 Å². The SMILES string of the molecule is O=C(CCCNC(=O)c1ccco1)NCc1cn(-c2ccccc2)nc1-c1ccccc1.